The van der Waals surface area contributed by atoms with Gasteiger partial charge in [0.25, 0.3) is 10.2 Å². The average molecular weight is 368 g/mol. The molecule has 2 aromatic rings. The Balaban J connectivity index is 1.65. The highest BCUT2D eigenvalue weighted by atomic mass is 32.2. The van der Waals surface area contributed by atoms with Crippen LogP contribution in [0.5, 0.6) is 0 Å². The van der Waals surface area contributed by atoms with Gasteiger partial charge in [0, 0.05) is 39.6 Å². The molecule has 130 valence electrons. The molecule has 3 rings (SSSR count). The lowest BCUT2D eigenvalue weighted by Crippen LogP contribution is -2.45. The van der Waals surface area contributed by atoms with E-state index >= 15 is 0 Å². The molecule has 0 spiro atoms. The van der Waals surface area contributed by atoms with Crippen LogP contribution in [0.25, 0.3) is 10.6 Å². The molecule has 1 saturated heterocycles. The van der Waals surface area contributed by atoms with Gasteiger partial charge in [-0.2, -0.15) is 17.0 Å². The number of rotatable bonds is 5. The molecule has 7 nitrogen and oxygen atoms in total. The van der Waals surface area contributed by atoms with Crippen molar-refractivity contribution in [3.63, 3.8) is 0 Å². The third-order valence-electron chi connectivity index (χ3n) is 4.16. The van der Waals surface area contributed by atoms with E-state index in [9.17, 15) is 8.42 Å². The fourth-order valence-electron chi connectivity index (χ4n) is 2.86. The van der Waals surface area contributed by atoms with Crippen molar-refractivity contribution < 1.29 is 8.42 Å². The Morgan fingerprint density at radius 1 is 1.29 bits per heavy atom. The lowest BCUT2D eigenvalue weighted by Gasteiger charge is -2.33. The second-order valence-corrected chi connectivity index (χ2v) is 9.15. The van der Waals surface area contributed by atoms with Crippen LogP contribution in [0.4, 0.5) is 0 Å². The molecule has 0 amide bonds. The number of hydrogen-bond acceptors (Lipinski definition) is 6. The van der Waals surface area contributed by atoms with Crippen molar-refractivity contribution in [2.45, 2.75) is 19.3 Å². The summed E-state index contributed by atoms with van der Waals surface area (Å²) in [6, 6.07) is 0. The minimum absolute atomic E-state index is 0.275. The molecule has 0 aliphatic carbocycles. The monoisotopic (exact) mass is 367 g/mol. The summed E-state index contributed by atoms with van der Waals surface area (Å²) in [6.45, 7) is 1.13. The highest BCUT2D eigenvalue weighted by Crippen LogP contribution is 2.24. The van der Waals surface area contributed by atoms with Gasteiger partial charge in [-0.05, 0) is 25.2 Å². The van der Waals surface area contributed by atoms with Crippen LogP contribution in [-0.2, 0) is 16.6 Å². The molecule has 9 heteroatoms. The third kappa shape index (κ3) is 3.80. The Hall–Kier alpha value is -1.42. The molecular weight excluding hydrogens is 346 g/mol. The zero-order valence-electron chi connectivity index (χ0n) is 13.8. The molecule has 1 fully saturated rings. The van der Waals surface area contributed by atoms with Gasteiger partial charge in [0.05, 0.1) is 22.3 Å². The van der Waals surface area contributed by atoms with Gasteiger partial charge in [-0.3, -0.25) is 15.0 Å². The molecule has 2 aromatic heterocycles. The van der Waals surface area contributed by atoms with Crippen molar-refractivity contribution in [3.8, 4) is 10.6 Å². The van der Waals surface area contributed by atoms with Crippen molar-refractivity contribution in [3.05, 3.63) is 29.8 Å². The molecular formula is C15H21N5O2S2. The quantitative estimate of drug-likeness (QED) is 0.803. The first-order chi connectivity index (χ1) is 11.5. The summed E-state index contributed by atoms with van der Waals surface area (Å²) in [6.07, 6.45) is 7.96. The van der Waals surface area contributed by atoms with Gasteiger partial charge in [0.2, 0.25) is 0 Å². The summed E-state index contributed by atoms with van der Waals surface area (Å²) in [4.78, 5) is 14.0. The minimum atomic E-state index is -3.34. The second-order valence-electron chi connectivity index (χ2n) is 6.12. The van der Waals surface area contributed by atoms with E-state index in [1.165, 1.54) is 15.6 Å². The molecule has 0 saturated carbocycles. The largest absolute Gasteiger partial charge is 0.281 e. The van der Waals surface area contributed by atoms with Gasteiger partial charge in [-0.15, -0.1) is 11.3 Å². The molecule has 0 bridgehead atoms. The number of piperidine rings is 1. The molecule has 1 atom stereocenters. The van der Waals surface area contributed by atoms with E-state index < -0.39 is 10.2 Å². The first kappa shape index (κ1) is 17.4. The van der Waals surface area contributed by atoms with Crippen molar-refractivity contribution in [2.24, 2.45) is 5.92 Å². The summed E-state index contributed by atoms with van der Waals surface area (Å²) in [5, 5.41) is 0. The van der Waals surface area contributed by atoms with Crippen LogP contribution in [0, 0.1) is 5.92 Å². The Labute approximate surface area is 146 Å². The Bertz CT molecular complexity index is 760. The first-order valence-corrected chi connectivity index (χ1v) is 10.1. The van der Waals surface area contributed by atoms with E-state index in [1.807, 2.05) is 0 Å². The molecule has 0 N–H and O–H groups in total. The van der Waals surface area contributed by atoms with Gasteiger partial charge < -0.3 is 0 Å². The van der Waals surface area contributed by atoms with Gasteiger partial charge >= 0.3 is 0 Å². The van der Waals surface area contributed by atoms with Crippen molar-refractivity contribution in [1.29, 1.82) is 0 Å². The minimum Gasteiger partial charge on any atom is -0.257 e. The molecule has 3 heterocycles. The maximum Gasteiger partial charge on any atom is 0.281 e. The van der Waals surface area contributed by atoms with Crippen molar-refractivity contribution in [2.75, 3.05) is 27.2 Å². The van der Waals surface area contributed by atoms with Crippen LogP contribution in [0.2, 0.25) is 0 Å². The maximum atomic E-state index is 12.3. The lowest BCUT2D eigenvalue weighted by molar-refractivity contribution is 0.253. The summed E-state index contributed by atoms with van der Waals surface area (Å²) in [7, 11) is -0.192. The van der Waals surface area contributed by atoms with E-state index in [0.29, 0.717) is 13.1 Å². The van der Waals surface area contributed by atoms with Gasteiger partial charge in [0.1, 0.15) is 5.69 Å². The summed E-state index contributed by atoms with van der Waals surface area (Å²) < 4.78 is 27.4. The number of aromatic nitrogens is 3. The normalized spacial score (nSPS) is 19.7. The molecule has 0 radical (unpaired) electrons. The van der Waals surface area contributed by atoms with Crippen LogP contribution in [0.15, 0.2) is 24.1 Å². The Morgan fingerprint density at radius 3 is 2.75 bits per heavy atom. The smallest absolute Gasteiger partial charge is 0.257 e. The topological polar surface area (TPSA) is 79.3 Å². The molecule has 0 aromatic carbocycles. The van der Waals surface area contributed by atoms with Crippen LogP contribution >= 0.6 is 11.3 Å². The predicted octanol–water partition coefficient (Wildman–Crippen LogP) is 1.66. The van der Waals surface area contributed by atoms with Crippen LogP contribution < -0.4 is 0 Å². The Morgan fingerprint density at radius 2 is 2.12 bits per heavy atom. The van der Waals surface area contributed by atoms with Crippen LogP contribution in [0.3, 0.4) is 0 Å². The van der Waals surface area contributed by atoms with E-state index in [1.54, 1.807) is 42.5 Å². The summed E-state index contributed by atoms with van der Waals surface area (Å²) in [5.74, 6) is 0.275. The summed E-state index contributed by atoms with van der Waals surface area (Å²) in [5.41, 5.74) is 3.49. The van der Waals surface area contributed by atoms with Gasteiger partial charge in [-0.1, -0.05) is 0 Å². The number of hydrogen-bond donors (Lipinski definition) is 0. The van der Waals surface area contributed by atoms with Crippen molar-refractivity contribution in [1.82, 2.24) is 23.6 Å². The van der Waals surface area contributed by atoms with Gasteiger partial charge in [0.15, 0.2) is 0 Å². The number of nitrogens with zero attached hydrogens (tertiary/aromatic N) is 5. The summed E-state index contributed by atoms with van der Waals surface area (Å²) >= 11 is 1.53. The first-order valence-electron chi connectivity index (χ1n) is 7.84. The third-order valence-corrected chi connectivity index (χ3v) is 6.86. The zero-order valence-corrected chi connectivity index (χ0v) is 15.4. The lowest BCUT2D eigenvalue weighted by atomic mass is 9.95. The molecule has 0 unspecified atom stereocenters. The van der Waals surface area contributed by atoms with Crippen LogP contribution in [-0.4, -0.2) is 59.2 Å². The average Bonchev–Trinajstić information content (AvgIpc) is 3.10. The van der Waals surface area contributed by atoms with E-state index in [0.717, 1.165) is 35.5 Å². The fraction of sp³-hybridized carbons (Fsp3) is 0.533. The zero-order chi connectivity index (χ0) is 17.2. The molecule has 1 aliphatic heterocycles. The van der Waals surface area contributed by atoms with Crippen molar-refractivity contribution >= 4 is 21.5 Å². The Kier molecular flexibility index (Phi) is 5.24. The van der Waals surface area contributed by atoms with Gasteiger partial charge in [-0.25, -0.2) is 0 Å². The van der Waals surface area contributed by atoms with E-state index in [-0.39, 0.29) is 5.92 Å². The second kappa shape index (κ2) is 7.22. The standard InChI is InChI=1S/C15H21N5O2S2/c1-19(2)24(21,22)20-5-3-4-12(10-20)6-13-7-18-14(8-17-13)15-9-16-11-23-15/h7-9,11-12H,3-6,10H2,1-2H3/t12-/m1/s1. The van der Waals surface area contributed by atoms with E-state index in [2.05, 4.69) is 15.0 Å². The SMILES string of the molecule is CN(C)S(=O)(=O)N1CCC[C@H](Cc2cnc(-c3cncs3)cn2)C1. The van der Waals surface area contributed by atoms with E-state index in [4.69, 9.17) is 0 Å². The maximum absolute atomic E-state index is 12.3. The van der Waals surface area contributed by atoms with Crippen LogP contribution in [0.1, 0.15) is 18.5 Å². The number of thiazole rings is 1. The molecule has 24 heavy (non-hydrogen) atoms. The fourth-order valence-corrected chi connectivity index (χ4v) is 4.66. The highest BCUT2D eigenvalue weighted by Gasteiger charge is 2.30. The highest BCUT2D eigenvalue weighted by molar-refractivity contribution is 7.86. The predicted molar refractivity (Wildman–Crippen MR) is 93.7 cm³/mol. The molecule has 1 aliphatic rings.